The predicted molar refractivity (Wildman–Crippen MR) is 108 cm³/mol. The summed E-state index contributed by atoms with van der Waals surface area (Å²) >= 11 is 0. The van der Waals surface area contributed by atoms with E-state index in [4.69, 9.17) is 0 Å². The summed E-state index contributed by atoms with van der Waals surface area (Å²) in [4.78, 5) is 26.5. The molecule has 30 heavy (non-hydrogen) atoms. The fourth-order valence-corrected chi connectivity index (χ4v) is 2.86. The molecule has 0 radical (unpaired) electrons. The Kier molecular flexibility index (Phi) is 6.85. The van der Waals surface area contributed by atoms with Gasteiger partial charge in [0, 0.05) is 29.9 Å². The van der Waals surface area contributed by atoms with Gasteiger partial charge in [0.15, 0.2) is 0 Å². The summed E-state index contributed by atoms with van der Waals surface area (Å²) in [5, 5.41) is 2.71. The second-order valence-electron chi connectivity index (χ2n) is 6.56. The zero-order valence-electron chi connectivity index (χ0n) is 15.9. The van der Waals surface area contributed by atoms with Crippen LogP contribution in [0.25, 0.3) is 0 Å². The van der Waals surface area contributed by atoms with Gasteiger partial charge in [0.05, 0.1) is 0 Å². The molecule has 0 bridgehead atoms. The first-order chi connectivity index (χ1) is 14.4. The maximum atomic E-state index is 13.3. The van der Waals surface area contributed by atoms with Crippen LogP contribution < -0.4 is 10.2 Å². The Morgan fingerprint density at radius 3 is 1.70 bits per heavy atom. The van der Waals surface area contributed by atoms with E-state index in [1.807, 2.05) is 0 Å². The van der Waals surface area contributed by atoms with E-state index in [9.17, 15) is 22.8 Å². The summed E-state index contributed by atoms with van der Waals surface area (Å²) < 4.78 is 39.4. The zero-order chi connectivity index (χ0) is 21.5. The van der Waals surface area contributed by atoms with Crippen molar-refractivity contribution in [3.05, 3.63) is 101 Å². The van der Waals surface area contributed by atoms with Crippen molar-refractivity contribution in [3.8, 4) is 0 Å². The Hall–Kier alpha value is -3.61. The van der Waals surface area contributed by atoms with E-state index in [1.165, 1.54) is 77.7 Å². The number of halogens is 3. The van der Waals surface area contributed by atoms with Crippen molar-refractivity contribution in [2.45, 2.75) is 6.42 Å². The van der Waals surface area contributed by atoms with Gasteiger partial charge in [0.2, 0.25) is 0 Å². The monoisotopic (exact) mass is 412 g/mol. The lowest BCUT2D eigenvalue weighted by atomic mass is 10.1. The molecule has 3 aromatic carbocycles. The Morgan fingerprint density at radius 1 is 0.700 bits per heavy atom. The lowest BCUT2D eigenvalue weighted by Gasteiger charge is -2.23. The van der Waals surface area contributed by atoms with E-state index in [0.717, 1.165) is 0 Å². The number of nitrogens with one attached hydrogen (secondary N) is 1. The molecule has 0 aliphatic rings. The van der Waals surface area contributed by atoms with E-state index in [0.29, 0.717) is 17.7 Å². The van der Waals surface area contributed by atoms with Crippen molar-refractivity contribution in [2.75, 3.05) is 18.0 Å². The van der Waals surface area contributed by atoms with Crippen LogP contribution in [0, 0.1) is 17.5 Å². The SMILES string of the molecule is O=C(NCCCN(C(=O)c1ccc(F)cc1)c1ccc(F)cc1)c1ccc(F)cc1. The Morgan fingerprint density at radius 2 is 1.17 bits per heavy atom. The summed E-state index contributed by atoms with van der Waals surface area (Å²) in [7, 11) is 0. The Bertz CT molecular complexity index is 1000. The number of benzene rings is 3. The topological polar surface area (TPSA) is 49.4 Å². The minimum Gasteiger partial charge on any atom is -0.352 e. The van der Waals surface area contributed by atoms with Crippen LogP contribution >= 0.6 is 0 Å². The smallest absolute Gasteiger partial charge is 0.258 e. The van der Waals surface area contributed by atoms with Crippen LogP contribution in [0.15, 0.2) is 72.8 Å². The Balaban J connectivity index is 1.65. The van der Waals surface area contributed by atoms with Crippen LogP contribution in [-0.2, 0) is 0 Å². The number of hydrogen-bond donors (Lipinski definition) is 1. The van der Waals surface area contributed by atoms with E-state index in [1.54, 1.807) is 0 Å². The minimum absolute atomic E-state index is 0.242. The van der Waals surface area contributed by atoms with Gasteiger partial charge < -0.3 is 10.2 Å². The zero-order valence-corrected chi connectivity index (χ0v) is 15.9. The van der Waals surface area contributed by atoms with E-state index < -0.39 is 17.5 Å². The quantitative estimate of drug-likeness (QED) is 0.578. The number of rotatable bonds is 7. The molecule has 3 rings (SSSR count). The number of carbonyl (C=O) groups excluding carboxylic acids is 2. The van der Waals surface area contributed by atoms with Crippen molar-refractivity contribution < 1.29 is 22.8 Å². The van der Waals surface area contributed by atoms with E-state index in [-0.39, 0.29) is 30.5 Å². The van der Waals surface area contributed by atoms with Gasteiger partial charge in [-0.1, -0.05) is 0 Å². The first-order valence-corrected chi connectivity index (χ1v) is 9.31. The maximum absolute atomic E-state index is 13.3. The molecule has 0 unspecified atom stereocenters. The van der Waals surface area contributed by atoms with Crippen LogP contribution in [0.4, 0.5) is 18.9 Å². The molecular weight excluding hydrogens is 393 g/mol. The molecule has 0 aliphatic heterocycles. The molecule has 0 spiro atoms. The molecule has 0 saturated heterocycles. The Labute approximate surface area is 171 Å². The normalized spacial score (nSPS) is 10.5. The highest BCUT2D eigenvalue weighted by molar-refractivity contribution is 6.06. The summed E-state index contributed by atoms with van der Waals surface area (Å²) in [6.45, 7) is 0.510. The number of anilines is 1. The van der Waals surface area contributed by atoms with Gasteiger partial charge in [-0.05, 0) is 79.2 Å². The van der Waals surface area contributed by atoms with E-state index >= 15 is 0 Å². The van der Waals surface area contributed by atoms with Gasteiger partial charge in [0.25, 0.3) is 11.8 Å². The van der Waals surface area contributed by atoms with Gasteiger partial charge in [0.1, 0.15) is 17.5 Å². The van der Waals surface area contributed by atoms with E-state index in [2.05, 4.69) is 5.32 Å². The number of hydrogen-bond acceptors (Lipinski definition) is 2. The lowest BCUT2D eigenvalue weighted by molar-refractivity contribution is 0.0953. The van der Waals surface area contributed by atoms with Crippen LogP contribution in [0.3, 0.4) is 0 Å². The van der Waals surface area contributed by atoms with Gasteiger partial charge in [-0.15, -0.1) is 0 Å². The third kappa shape index (κ3) is 5.47. The molecule has 0 aliphatic carbocycles. The highest BCUT2D eigenvalue weighted by Crippen LogP contribution is 2.19. The van der Waals surface area contributed by atoms with Crippen LogP contribution in [0.1, 0.15) is 27.1 Å². The van der Waals surface area contributed by atoms with Crippen LogP contribution in [-0.4, -0.2) is 24.9 Å². The molecule has 4 nitrogen and oxygen atoms in total. The highest BCUT2D eigenvalue weighted by atomic mass is 19.1. The molecule has 0 fully saturated rings. The molecule has 7 heteroatoms. The van der Waals surface area contributed by atoms with Crippen molar-refractivity contribution in [2.24, 2.45) is 0 Å². The molecule has 2 amide bonds. The highest BCUT2D eigenvalue weighted by Gasteiger charge is 2.18. The van der Waals surface area contributed by atoms with Gasteiger partial charge in [-0.2, -0.15) is 0 Å². The fraction of sp³-hybridized carbons (Fsp3) is 0.130. The van der Waals surface area contributed by atoms with Crippen molar-refractivity contribution >= 4 is 17.5 Å². The number of nitrogens with zero attached hydrogens (tertiary/aromatic N) is 1. The molecule has 0 saturated carbocycles. The van der Waals surface area contributed by atoms with Crippen molar-refractivity contribution in [3.63, 3.8) is 0 Å². The maximum Gasteiger partial charge on any atom is 0.258 e. The first kappa shape index (κ1) is 21.1. The summed E-state index contributed by atoms with van der Waals surface area (Å²) in [6, 6.07) is 15.8. The van der Waals surface area contributed by atoms with Crippen molar-refractivity contribution in [1.29, 1.82) is 0 Å². The molecule has 154 valence electrons. The fourth-order valence-electron chi connectivity index (χ4n) is 2.86. The van der Waals surface area contributed by atoms with Crippen LogP contribution in [0.2, 0.25) is 0 Å². The summed E-state index contributed by atoms with van der Waals surface area (Å²) in [6.07, 6.45) is 0.414. The van der Waals surface area contributed by atoms with Crippen molar-refractivity contribution in [1.82, 2.24) is 5.32 Å². The van der Waals surface area contributed by atoms with Gasteiger partial charge >= 0.3 is 0 Å². The lowest BCUT2D eigenvalue weighted by Crippen LogP contribution is -2.34. The number of amides is 2. The average Bonchev–Trinajstić information content (AvgIpc) is 2.75. The predicted octanol–water partition coefficient (Wildman–Crippen LogP) is 4.57. The standard InChI is InChI=1S/C23H19F3N2O2/c24-18-6-2-16(3-7-18)22(29)27-14-1-15-28(21-12-10-20(26)11-13-21)23(30)17-4-8-19(25)9-5-17/h2-13H,1,14-15H2,(H,27,29). The minimum atomic E-state index is -0.455. The van der Waals surface area contributed by atoms with Crippen LogP contribution in [0.5, 0.6) is 0 Å². The largest absolute Gasteiger partial charge is 0.352 e. The second-order valence-corrected chi connectivity index (χ2v) is 6.56. The average molecular weight is 412 g/mol. The summed E-state index contributed by atoms with van der Waals surface area (Å²) in [5.74, 6) is -2.04. The molecule has 0 atom stereocenters. The first-order valence-electron chi connectivity index (χ1n) is 9.31. The van der Waals surface area contributed by atoms with Gasteiger partial charge in [-0.3, -0.25) is 9.59 Å². The van der Waals surface area contributed by atoms with Gasteiger partial charge in [-0.25, -0.2) is 13.2 Å². The molecule has 0 heterocycles. The third-order valence-electron chi connectivity index (χ3n) is 4.43. The summed E-state index contributed by atoms with van der Waals surface area (Å²) in [5.41, 5.74) is 1.10. The molecule has 0 aromatic heterocycles. The second kappa shape index (κ2) is 9.73. The molecule has 1 N–H and O–H groups in total. The molecule has 3 aromatic rings. The molecular formula is C23H19F3N2O2. The number of carbonyl (C=O) groups is 2. The third-order valence-corrected chi connectivity index (χ3v) is 4.43.